The van der Waals surface area contributed by atoms with Crippen molar-refractivity contribution in [3.8, 4) is 11.4 Å². The smallest absolute Gasteiger partial charge is 0.380 e. The average molecular weight is 519 g/mol. The zero-order valence-corrected chi connectivity index (χ0v) is 19.5. The molecule has 4 rings (SSSR count). The Labute approximate surface area is 208 Å². The third-order valence-electron chi connectivity index (χ3n) is 5.35. The number of aliphatic hydroxyl groups excluding tert-OH is 2. The lowest BCUT2D eigenvalue weighted by molar-refractivity contribution is -0.141. The molecule has 0 saturated carbocycles. The highest BCUT2D eigenvalue weighted by Crippen LogP contribution is 2.24. The summed E-state index contributed by atoms with van der Waals surface area (Å²) < 4.78 is 4.43. The second-order valence-corrected chi connectivity index (χ2v) is 7.98. The van der Waals surface area contributed by atoms with Gasteiger partial charge in [0.1, 0.15) is 0 Å². The van der Waals surface area contributed by atoms with Crippen LogP contribution in [0, 0.1) is 0 Å². The highest BCUT2D eigenvalue weighted by Gasteiger charge is 2.34. The summed E-state index contributed by atoms with van der Waals surface area (Å²) in [5, 5.41) is 29.4. The standard InChI is InChI=1S/C22H20ClN5O7.H3N/c23-7-8-28(14-6-3-12-10-24-19(31)15(12)9-14)21(33)17(30)16(29)20(32)25-13-4-1-11(2-5-13)18-26-22(34)35-27-18;/h1-6,9,16-17,29-30H,7-8,10H2,(H,24,31)(H,25,32)(H,26,27,34);1H3/t16-,17-;/m1./s1. The number of anilines is 2. The molecule has 0 aliphatic carbocycles. The van der Waals surface area contributed by atoms with E-state index in [0.29, 0.717) is 23.4 Å². The van der Waals surface area contributed by atoms with Gasteiger partial charge in [-0.1, -0.05) is 11.2 Å². The minimum atomic E-state index is -2.10. The number of nitrogens with one attached hydrogen (secondary N) is 3. The Bertz CT molecular complexity index is 1320. The van der Waals surface area contributed by atoms with Crippen LogP contribution in [-0.2, 0) is 16.1 Å². The van der Waals surface area contributed by atoms with Crippen molar-refractivity contribution < 1.29 is 29.1 Å². The van der Waals surface area contributed by atoms with Crippen molar-refractivity contribution in [3.05, 3.63) is 64.1 Å². The number of aromatic amines is 1. The van der Waals surface area contributed by atoms with Gasteiger partial charge in [-0.15, -0.1) is 11.6 Å². The van der Waals surface area contributed by atoms with Gasteiger partial charge in [0.2, 0.25) is 0 Å². The summed E-state index contributed by atoms with van der Waals surface area (Å²) in [5.41, 5.74) is 2.20. The van der Waals surface area contributed by atoms with Crippen LogP contribution < -0.4 is 27.4 Å². The lowest BCUT2D eigenvalue weighted by Crippen LogP contribution is -2.50. The maximum Gasteiger partial charge on any atom is 0.439 e. The molecule has 3 aromatic rings. The fourth-order valence-corrected chi connectivity index (χ4v) is 3.71. The number of rotatable bonds is 8. The molecular weight excluding hydrogens is 496 g/mol. The van der Waals surface area contributed by atoms with E-state index in [-0.39, 0.29) is 36.0 Å². The van der Waals surface area contributed by atoms with Crippen LogP contribution in [0.3, 0.4) is 0 Å². The number of hydrogen-bond donors (Lipinski definition) is 6. The lowest BCUT2D eigenvalue weighted by atomic mass is 10.1. The number of aliphatic hydroxyl groups is 2. The molecule has 1 aliphatic rings. The number of alkyl halides is 1. The number of H-pyrrole nitrogens is 1. The zero-order chi connectivity index (χ0) is 25.1. The summed E-state index contributed by atoms with van der Waals surface area (Å²) in [6, 6.07) is 10.8. The van der Waals surface area contributed by atoms with Gasteiger partial charge in [0.15, 0.2) is 18.0 Å². The third kappa shape index (κ3) is 5.44. The van der Waals surface area contributed by atoms with Crippen molar-refractivity contribution in [1.82, 2.24) is 21.6 Å². The molecule has 0 radical (unpaired) electrons. The van der Waals surface area contributed by atoms with Crippen molar-refractivity contribution in [2.75, 3.05) is 22.6 Å². The predicted molar refractivity (Wildman–Crippen MR) is 129 cm³/mol. The van der Waals surface area contributed by atoms with Gasteiger partial charge in [-0.3, -0.25) is 23.9 Å². The number of aromatic nitrogens is 2. The van der Waals surface area contributed by atoms with Crippen molar-refractivity contribution in [2.24, 2.45) is 0 Å². The molecule has 2 atom stereocenters. The fourth-order valence-electron chi connectivity index (χ4n) is 3.54. The van der Waals surface area contributed by atoms with E-state index < -0.39 is 29.8 Å². The molecule has 36 heavy (non-hydrogen) atoms. The number of hydrogen-bond acceptors (Lipinski definition) is 9. The summed E-state index contributed by atoms with van der Waals surface area (Å²) in [6.07, 6.45) is -4.19. The largest absolute Gasteiger partial charge is 0.439 e. The third-order valence-corrected chi connectivity index (χ3v) is 5.52. The first-order chi connectivity index (χ1) is 16.8. The topological polar surface area (TPSA) is 213 Å². The molecule has 13 nitrogen and oxygen atoms in total. The first kappa shape index (κ1) is 26.6. The molecule has 1 aromatic heterocycles. The van der Waals surface area contributed by atoms with E-state index in [1.807, 2.05) is 0 Å². The van der Waals surface area contributed by atoms with Crippen LogP contribution in [0.5, 0.6) is 0 Å². The van der Waals surface area contributed by atoms with E-state index in [1.165, 1.54) is 30.3 Å². The molecule has 0 fully saturated rings. The zero-order valence-electron chi connectivity index (χ0n) is 18.7. The summed E-state index contributed by atoms with van der Waals surface area (Å²) in [6.45, 7) is 0.342. The van der Waals surface area contributed by atoms with Crippen molar-refractivity contribution in [3.63, 3.8) is 0 Å². The molecule has 1 aliphatic heterocycles. The number of nitrogens with zero attached hydrogens (tertiary/aromatic N) is 2. The van der Waals surface area contributed by atoms with Gasteiger partial charge in [-0.2, -0.15) is 0 Å². The van der Waals surface area contributed by atoms with Crippen LogP contribution >= 0.6 is 11.6 Å². The van der Waals surface area contributed by atoms with Gasteiger partial charge in [0, 0.05) is 41.5 Å². The van der Waals surface area contributed by atoms with E-state index in [4.69, 9.17) is 11.6 Å². The first-order valence-corrected chi connectivity index (χ1v) is 10.9. The monoisotopic (exact) mass is 518 g/mol. The number of carbonyl (C=O) groups is 3. The van der Waals surface area contributed by atoms with Gasteiger partial charge in [-0.05, 0) is 42.0 Å². The highest BCUT2D eigenvalue weighted by molar-refractivity contribution is 6.18. The molecule has 0 saturated heterocycles. The van der Waals surface area contributed by atoms with Crippen molar-refractivity contribution in [1.29, 1.82) is 0 Å². The van der Waals surface area contributed by atoms with Gasteiger partial charge < -0.3 is 31.9 Å². The normalized spacial score (nSPS) is 13.7. The number of halogens is 1. The minimum Gasteiger partial charge on any atom is -0.380 e. The van der Waals surface area contributed by atoms with E-state index in [1.54, 1.807) is 12.1 Å². The van der Waals surface area contributed by atoms with E-state index in [2.05, 4.69) is 25.3 Å². The van der Waals surface area contributed by atoms with Crippen LogP contribution in [0.2, 0.25) is 0 Å². The highest BCUT2D eigenvalue weighted by atomic mass is 35.5. The molecular formula is C22H23ClN6O7. The van der Waals surface area contributed by atoms with Gasteiger partial charge in [0.25, 0.3) is 17.7 Å². The number of benzene rings is 2. The summed E-state index contributed by atoms with van der Waals surface area (Å²) >= 11 is 5.82. The lowest BCUT2D eigenvalue weighted by Gasteiger charge is -2.26. The molecule has 2 heterocycles. The predicted octanol–water partition coefficient (Wildman–Crippen LogP) is 0.368. The summed E-state index contributed by atoms with van der Waals surface area (Å²) in [4.78, 5) is 52.0. The van der Waals surface area contributed by atoms with Crippen LogP contribution in [-0.4, -0.2) is 62.7 Å². The van der Waals surface area contributed by atoms with Crippen LogP contribution in [0.15, 0.2) is 51.8 Å². The van der Waals surface area contributed by atoms with Crippen molar-refractivity contribution in [2.45, 2.75) is 18.8 Å². The molecule has 14 heteroatoms. The fraction of sp³-hybridized carbons (Fsp3) is 0.227. The minimum absolute atomic E-state index is 0. The molecule has 3 amide bonds. The quantitative estimate of drug-likeness (QED) is 0.227. The summed E-state index contributed by atoms with van der Waals surface area (Å²) in [5.74, 6) is -2.79. The molecule has 190 valence electrons. The SMILES string of the molecule is N.O=C1NCc2ccc(N(CCCl)C(=O)[C@H](O)[C@@H](O)C(=O)Nc3ccc(-c4noc(=O)[nH]4)cc3)cc21. The van der Waals surface area contributed by atoms with E-state index in [9.17, 15) is 29.4 Å². The molecule has 0 bridgehead atoms. The molecule has 8 N–H and O–H groups in total. The Morgan fingerprint density at radius 1 is 1.14 bits per heavy atom. The van der Waals surface area contributed by atoms with Crippen LogP contribution in [0.1, 0.15) is 15.9 Å². The maximum absolute atomic E-state index is 12.9. The Kier molecular flexibility index (Phi) is 8.22. The van der Waals surface area contributed by atoms with Gasteiger partial charge in [-0.25, -0.2) is 4.79 Å². The van der Waals surface area contributed by atoms with Crippen LogP contribution in [0.25, 0.3) is 11.4 Å². The number of fused-ring (bicyclic) bond motifs is 1. The molecule has 2 aromatic carbocycles. The first-order valence-electron chi connectivity index (χ1n) is 10.4. The second kappa shape index (κ2) is 11.1. The number of amides is 3. The van der Waals surface area contributed by atoms with Gasteiger partial charge >= 0.3 is 5.76 Å². The molecule has 0 unspecified atom stereocenters. The Morgan fingerprint density at radius 3 is 2.50 bits per heavy atom. The second-order valence-electron chi connectivity index (χ2n) is 7.60. The number of carbonyl (C=O) groups excluding carboxylic acids is 3. The van der Waals surface area contributed by atoms with E-state index in [0.717, 1.165) is 10.5 Å². The van der Waals surface area contributed by atoms with Crippen LogP contribution in [0.4, 0.5) is 11.4 Å². The maximum atomic E-state index is 12.9. The Morgan fingerprint density at radius 2 is 1.86 bits per heavy atom. The average Bonchev–Trinajstić information content (AvgIpc) is 3.46. The van der Waals surface area contributed by atoms with E-state index >= 15 is 0 Å². The van der Waals surface area contributed by atoms with Gasteiger partial charge in [0.05, 0.1) is 0 Å². The Balaban J connectivity index is 0.00000361. The molecule has 0 spiro atoms. The summed E-state index contributed by atoms with van der Waals surface area (Å²) in [7, 11) is 0. The Hall–Kier alpha value is -4.04. The van der Waals surface area contributed by atoms with Crippen molar-refractivity contribution >= 4 is 40.7 Å².